The number of carboxylic acid groups (broad SMARTS) is 1. The van der Waals surface area contributed by atoms with E-state index in [1.807, 2.05) is 60.4 Å². The zero-order valence-electron chi connectivity index (χ0n) is 41.9. The standard InChI is InChI=1S/C50H56N14O10S/c1-6-33-42(74-27(4)55-33)47(69)58-50-57-35-21-28(43(52)67)22-37(73-18-10-14-60(5)39(65)13-17-61-40(66)23-38(48(61)70)75-25-32(51)49(71)72)41(35)62(50)15-8-9-16-63-45-31(20-29(24-54-45)44(53)68)30-11-12-34(56-46(30)63)36-19-26(3)59-64(36)7-2/h8-9,11-12,19-22,24,32,38H,6-7,10,13-18,23,25,51H2,1-5H3,(H2,52,67)(H2,53,68)(H,71,72)(H,57,58,69)/b9-8+/t32-,38?/m0/s1. The van der Waals surface area contributed by atoms with Gasteiger partial charge < -0.3 is 45.5 Å². The van der Waals surface area contributed by atoms with Crippen LogP contribution < -0.4 is 27.3 Å². The first kappa shape index (κ1) is 52.9. The predicted octanol–water partition coefficient (Wildman–Crippen LogP) is 3.58. The number of nitrogens with one attached hydrogen (secondary N) is 1. The summed E-state index contributed by atoms with van der Waals surface area (Å²) >= 11 is 0.999. The van der Waals surface area contributed by atoms with Gasteiger partial charge in [-0.3, -0.25) is 48.5 Å². The number of hydrogen-bond donors (Lipinski definition) is 5. The van der Waals surface area contributed by atoms with Crippen molar-refractivity contribution < 1.29 is 47.8 Å². The lowest BCUT2D eigenvalue weighted by atomic mass is 10.1. The van der Waals surface area contributed by atoms with Crippen LogP contribution in [0.4, 0.5) is 5.95 Å². The number of rotatable bonds is 23. The number of fused-ring (bicyclic) bond motifs is 4. The van der Waals surface area contributed by atoms with E-state index in [0.717, 1.165) is 33.4 Å². The Morgan fingerprint density at radius 1 is 0.973 bits per heavy atom. The van der Waals surface area contributed by atoms with Crippen LogP contribution in [0.2, 0.25) is 0 Å². The summed E-state index contributed by atoms with van der Waals surface area (Å²) in [6.07, 6.45) is 5.65. The van der Waals surface area contributed by atoms with Crippen LogP contribution in [0.5, 0.6) is 5.75 Å². The summed E-state index contributed by atoms with van der Waals surface area (Å²) in [5.74, 6) is -3.91. The zero-order valence-corrected chi connectivity index (χ0v) is 42.7. The number of imidazole rings is 1. The molecule has 392 valence electrons. The molecule has 0 bridgehead atoms. The van der Waals surface area contributed by atoms with Crippen LogP contribution in [0.15, 0.2) is 59.2 Å². The molecular weight excluding hydrogens is 989 g/mol. The Morgan fingerprint density at radius 3 is 2.43 bits per heavy atom. The third kappa shape index (κ3) is 11.2. The summed E-state index contributed by atoms with van der Waals surface area (Å²) in [6, 6.07) is 9.28. The van der Waals surface area contributed by atoms with E-state index in [2.05, 4.69) is 20.4 Å². The van der Waals surface area contributed by atoms with Gasteiger partial charge in [0.25, 0.3) is 5.91 Å². The molecule has 0 aliphatic carbocycles. The van der Waals surface area contributed by atoms with Crippen molar-refractivity contribution >= 4 is 92.2 Å². The van der Waals surface area contributed by atoms with E-state index >= 15 is 0 Å². The van der Waals surface area contributed by atoms with Crippen LogP contribution in [0, 0.1) is 13.8 Å². The number of ether oxygens (including phenoxy) is 1. The minimum atomic E-state index is -1.21. The molecule has 6 amide bonds. The summed E-state index contributed by atoms with van der Waals surface area (Å²) in [7, 11) is 1.58. The molecule has 8 rings (SSSR count). The second kappa shape index (κ2) is 22.3. The Labute approximate surface area is 432 Å². The Balaban J connectivity index is 1.05. The smallest absolute Gasteiger partial charge is 0.321 e. The number of carboxylic acids is 1. The largest absolute Gasteiger partial charge is 0.491 e. The van der Waals surface area contributed by atoms with Gasteiger partial charge in [-0.1, -0.05) is 19.1 Å². The number of anilines is 1. The maximum absolute atomic E-state index is 13.9. The number of thioether (sulfide) groups is 1. The van der Waals surface area contributed by atoms with Crippen LogP contribution in [-0.4, -0.2) is 139 Å². The number of benzene rings is 1. The average molecular weight is 1050 g/mol. The number of amides is 6. The molecule has 75 heavy (non-hydrogen) atoms. The van der Waals surface area contributed by atoms with Crippen molar-refractivity contribution in [1.29, 1.82) is 0 Å². The number of nitrogens with zero attached hydrogens (tertiary/aromatic N) is 10. The van der Waals surface area contributed by atoms with Gasteiger partial charge in [-0.2, -0.15) is 5.10 Å². The van der Waals surface area contributed by atoms with Gasteiger partial charge in [0.1, 0.15) is 28.6 Å². The molecule has 6 aromatic heterocycles. The number of imide groups is 1. The number of hydrogen-bond acceptors (Lipinski definition) is 16. The molecule has 7 aromatic rings. The van der Waals surface area contributed by atoms with E-state index in [1.165, 1.54) is 23.2 Å². The lowest BCUT2D eigenvalue weighted by Crippen LogP contribution is -2.37. The Hall–Kier alpha value is -8.45. The maximum Gasteiger partial charge on any atom is 0.321 e. The first-order valence-electron chi connectivity index (χ1n) is 24.1. The monoisotopic (exact) mass is 1040 g/mol. The van der Waals surface area contributed by atoms with Crippen molar-refractivity contribution in [3.05, 3.63) is 88.9 Å². The highest BCUT2D eigenvalue weighted by atomic mass is 32.2. The van der Waals surface area contributed by atoms with Gasteiger partial charge in [-0.25, -0.2) is 19.9 Å². The van der Waals surface area contributed by atoms with Gasteiger partial charge in [0.2, 0.25) is 41.2 Å². The van der Waals surface area contributed by atoms with Crippen molar-refractivity contribution in [2.24, 2.45) is 17.2 Å². The van der Waals surface area contributed by atoms with Crippen molar-refractivity contribution in [3.8, 4) is 17.1 Å². The Morgan fingerprint density at radius 2 is 1.72 bits per heavy atom. The molecule has 8 N–H and O–H groups in total. The molecule has 1 aliphatic heterocycles. The van der Waals surface area contributed by atoms with Crippen LogP contribution in [0.25, 0.3) is 44.5 Å². The number of aliphatic carboxylic acids is 1. The van der Waals surface area contributed by atoms with E-state index in [9.17, 15) is 33.6 Å². The van der Waals surface area contributed by atoms with Crippen LogP contribution in [-0.2, 0) is 45.2 Å². The highest BCUT2D eigenvalue weighted by molar-refractivity contribution is 8.00. The maximum atomic E-state index is 13.9. The van der Waals surface area contributed by atoms with Crippen molar-refractivity contribution in [3.63, 3.8) is 0 Å². The molecule has 1 unspecified atom stereocenters. The second-order valence-corrected chi connectivity index (χ2v) is 19.0. The molecule has 1 aromatic carbocycles. The third-order valence-electron chi connectivity index (χ3n) is 12.6. The molecule has 1 aliphatic rings. The van der Waals surface area contributed by atoms with E-state index < -0.39 is 46.8 Å². The quantitative estimate of drug-likeness (QED) is 0.0347. The highest BCUT2D eigenvalue weighted by Crippen LogP contribution is 2.34. The summed E-state index contributed by atoms with van der Waals surface area (Å²) in [4.78, 5) is 110. The van der Waals surface area contributed by atoms with Gasteiger partial charge >= 0.3 is 5.97 Å². The molecule has 1 saturated heterocycles. The molecule has 1 fully saturated rings. The first-order chi connectivity index (χ1) is 35.9. The molecule has 0 saturated carbocycles. The van der Waals surface area contributed by atoms with E-state index in [0.29, 0.717) is 58.9 Å². The number of aromatic nitrogens is 8. The van der Waals surface area contributed by atoms with Crippen molar-refractivity contribution in [1.82, 2.24) is 48.7 Å². The summed E-state index contributed by atoms with van der Waals surface area (Å²) < 4.78 is 17.5. The minimum absolute atomic E-state index is 0.0134. The number of primary amides is 2. The number of allylic oxidation sites excluding steroid dienone is 2. The van der Waals surface area contributed by atoms with Gasteiger partial charge in [0.05, 0.1) is 45.7 Å². The first-order valence-corrected chi connectivity index (χ1v) is 25.1. The van der Waals surface area contributed by atoms with Crippen molar-refractivity contribution in [2.75, 3.05) is 37.8 Å². The topological polar surface area (TPSA) is 338 Å². The van der Waals surface area contributed by atoms with E-state index in [-0.39, 0.29) is 91.4 Å². The summed E-state index contributed by atoms with van der Waals surface area (Å²) in [5.41, 5.74) is 22.0. The van der Waals surface area contributed by atoms with Gasteiger partial charge in [0.15, 0.2) is 5.89 Å². The van der Waals surface area contributed by atoms with E-state index in [1.54, 1.807) is 24.6 Å². The van der Waals surface area contributed by atoms with E-state index in [4.69, 9.17) is 41.4 Å². The fraction of sp³-hybridized carbons (Fsp3) is 0.360. The van der Waals surface area contributed by atoms with Crippen LogP contribution in [0.3, 0.4) is 0 Å². The second-order valence-electron chi connectivity index (χ2n) is 17.8. The zero-order chi connectivity index (χ0) is 53.8. The van der Waals surface area contributed by atoms with Gasteiger partial charge in [0, 0.05) is 87.8 Å². The molecule has 0 radical (unpaired) electrons. The number of likely N-dealkylation sites (tertiary alicyclic amines) is 1. The number of carbonyl (C=O) groups excluding carboxylic acids is 6. The number of pyridine rings is 2. The number of carbonyl (C=O) groups is 7. The Bertz CT molecular complexity index is 3450. The molecule has 2 atom stereocenters. The van der Waals surface area contributed by atoms with Gasteiger partial charge in [-0.15, -0.1) is 11.8 Å². The highest BCUT2D eigenvalue weighted by Gasteiger charge is 2.39. The number of oxazole rings is 1. The predicted molar refractivity (Wildman–Crippen MR) is 277 cm³/mol. The third-order valence-corrected chi connectivity index (χ3v) is 13.9. The lowest BCUT2D eigenvalue weighted by Gasteiger charge is -2.20. The fourth-order valence-corrected chi connectivity index (χ4v) is 9.87. The fourth-order valence-electron chi connectivity index (χ4n) is 8.76. The molecule has 25 heteroatoms. The molecule has 24 nitrogen and oxygen atoms in total. The average Bonchev–Trinajstić information content (AvgIpc) is 4.20. The Kier molecular flexibility index (Phi) is 15.8. The SMILES string of the molecule is CCc1nc(C)oc1C(=O)Nc1nc2cc(C(N)=O)cc(OCCCN(C)C(=O)CCN3C(=O)CC(SC[C@H](N)C(=O)O)C3=O)c2n1C/C=C/Cn1c2ncc(C(N)=O)cc2c2ccc(-c3cc(C)nn3CC)nc21. The number of aryl methyl sites for hydroxylation is 4. The minimum Gasteiger partial charge on any atom is -0.491 e. The normalized spacial score (nSPS) is 14.2. The van der Waals surface area contributed by atoms with Crippen molar-refractivity contribution in [2.45, 2.75) is 84.3 Å². The molecule has 0 spiro atoms. The summed E-state index contributed by atoms with van der Waals surface area (Å²) in [5, 5.41) is 17.2. The summed E-state index contributed by atoms with van der Waals surface area (Å²) in [6.45, 7) is 8.50. The molecule has 7 heterocycles. The molecular formula is C50H56N14O10S. The lowest BCUT2D eigenvalue weighted by molar-refractivity contribution is -0.140. The number of nitrogens with two attached hydrogens (primary N) is 3. The van der Waals surface area contributed by atoms with Crippen LogP contribution >= 0.6 is 11.8 Å². The van der Waals surface area contributed by atoms with Crippen LogP contribution in [0.1, 0.15) is 81.7 Å². The van der Waals surface area contributed by atoms with Gasteiger partial charge in [-0.05, 0) is 63.1 Å².